The lowest BCUT2D eigenvalue weighted by molar-refractivity contribution is 0.284. The largest absolute Gasteiger partial charge is 0.381 e. The van der Waals surface area contributed by atoms with Crippen LogP contribution in [0.3, 0.4) is 0 Å². The SMILES string of the molecule is CCCn1ncc(NCCN(C)C(C)C)c(Cl)c1=O. The standard InChI is InChI=1S/C13H23ClN4O/c1-5-7-18-13(19)12(14)11(9-16-18)15-6-8-17(4)10(2)3/h9-10,15H,5-8H2,1-4H3. The van der Waals surface area contributed by atoms with Crippen molar-refractivity contribution in [2.45, 2.75) is 39.8 Å². The van der Waals surface area contributed by atoms with Gasteiger partial charge in [-0.25, -0.2) is 4.68 Å². The summed E-state index contributed by atoms with van der Waals surface area (Å²) in [5.74, 6) is 0. The van der Waals surface area contributed by atoms with Gasteiger partial charge in [0.2, 0.25) is 0 Å². The molecule has 0 aromatic carbocycles. The molecule has 6 heteroatoms. The fraction of sp³-hybridized carbons (Fsp3) is 0.692. The van der Waals surface area contributed by atoms with E-state index in [1.807, 2.05) is 6.92 Å². The third kappa shape index (κ3) is 4.51. The van der Waals surface area contributed by atoms with E-state index >= 15 is 0 Å². The molecule has 0 bridgehead atoms. The van der Waals surface area contributed by atoms with E-state index in [2.05, 4.69) is 36.2 Å². The molecule has 0 fully saturated rings. The Balaban J connectivity index is 2.65. The highest BCUT2D eigenvalue weighted by Crippen LogP contribution is 2.14. The van der Waals surface area contributed by atoms with Crippen molar-refractivity contribution in [2.24, 2.45) is 0 Å². The topological polar surface area (TPSA) is 50.2 Å². The molecular formula is C13H23ClN4O. The van der Waals surface area contributed by atoms with Crippen LogP contribution in [0.15, 0.2) is 11.0 Å². The van der Waals surface area contributed by atoms with Crippen LogP contribution in [0.1, 0.15) is 27.2 Å². The summed E-state index contributed by atoms with van der Waals surface area (Å²) in [6, 6.07) is 0.493. The van der Waals surface area contributed by atoms with Crippen LogP contribution in [0.5, 0.6) is 0 Å². The Labute approximate surface area is 119 Å². The third-order valence-corrected chi connectivity index (χ3v) is 3.45. The van der Waals surface area contributed by atoms with Gasteiger partial charge in [0, 0.05) is 25.7 Å². The maximum absolute atomic E-state index is 11.9. The van der Waals surface area contributed by atoms with Crippen molar-refractivity contribution >= 4 is 17.3 Å². The lowest BCUT2D eigenvalue weighted by Crippen LogP contribution is -2.31. The zero-order valence-electron chi connectivity index (χ0n) is 12.1. The van der Waals surface area contributed by atoms with Gasteiger partial charge in [0.05, 0.1) is 11.9 Å². The van der Waals surface area contributed by atoms with Crippen molar-refractivity contribution in [1.29, 1.82) is 0 Å². The van der Waals surface area contributed by atoms with Crippen LogP contribution in [0.25, 0.3) is 0 Å². The van der Waals surface area contributed by atoms with Crippen molar-refractivity contribution in [2.75, 3.05) is 25.5 Å². The van der Waals surface area contributed by atoms with E-state index in [4.69, 9.17) is 11.6 Å². The molecule has 0 saturated carbocycles. The molecule has 108 valence electrons. The van der Waals surface area contributed by atoms with Crippen LogP contribution < -0.4 is 10.9 Å². The average molecular weight is 287 g/mol. The Morgan fingerprint density at radius 1 is 1.53 bits per heavy atom. The van der Waals surface area contributed by atoms with Crippen LogP contribution in [-0.2, 0) is 6.54 Å². The zero-order chi connectivity index (χ0) is 14.4. The highest BCUT2D eigenvalue weighted by molar-refractivity contribution is 6.32. The summed E-state index contributed by atoms with van der Waals surface area (Å²) >= 11 is 6.06. The summed E-state index contributed by atoms with van der Waals surface area (Å²) in [6.45, 7) is 8.48. The summed E-state index contributed by atoms with van der Waals surface area (Å²) in [7, 11) is 2.06. The van der Waals surface area contributed by atoms with Crippen LogP contribution in [0.4, 0.5) is 5.69 Å². The summed E-state index contributed by atoms with van der Waals surface area (Å²) in [5, 5.41) is 7.48. The first-order chi connectivity index (χ1) is 8.97. The van der Waals surface area contributed by atoms with E-state index < -0.39 is 0 Å². The third-order valence-electron chi connectivity index (χ3n) is 3.08. The normalized spacial score (nSPS) is 11.3. The van der Waals surface area contributed by atoms with Gasteiger partial charge in [-0.3, -0.25) is 4.79 Å². The maximum Gasteiger partial charge on any atom is 0.287 e. The monoisotopic (exact) mass is 286 g/mol. The Morgan fingerprint density at radius 3 is 2.79 bits per heavy atom. The van der Waals surface area contributed by atoms with Gasteiger partial charge in [-0.1, -0.05) is 18.5 Å². The van der Waals surface area contributed by atoms with Crippen LogP contribution >= 0.6 is 11.6 Å². The number of rotatable bonds is 7. The van der Waals surface area contributed by atoms with Gasteiger partial charge in [-0.15, -0.1) is 0 Å². The summed E-state index contributed by atoms with van der Waals surface area (Å²) in [5.41, 5.74) is 0.377. The number of hydrogen-bond donors (Lipinski definition) is 1. The van der Waals surface area contributed by atoms with E-state index in [9.17, 15) is 4.79 Å². The molecule has 0 atom stereocenters. The molecule has 1 heterocycles. The van der Waals surface area contributed by atoms with Crippen LogP contribution in [0, 0.1) is 0 Å². The van der Waals surface area contributed by atoms with Crippen molar-refractivity contribution < 1.29 is 0 Å². The number of nitrogens with zero attached hydrogens (tertiary/aromatic N) is 3. The molecule has 1 N–H and O–H groups in total. The Morgan fingerprint density at radius 2 is 2.21 bits per heavy atom. The summed E-state index contributed by atoms with van der Waals surface area (Å²) in [6.07, 6.45) is 2.48. The molecule has 5 nitrogen and oxygen atoms in total. The zero-order valence-corrected chi connectivity index (χ0v) is 12.9. The Kier molecular flexibility index (Phi) is 6.31. The quantitative estimate of drug-likeness (QED) is 0.834. The molecule has 0 saturated heterocycles. The van der Waals surface area contributed by atoms with Crippen molar-refractivity contribution in [3.05, 3.63) is 21.6 Å². The first-order valence-corrected chi connectivity index (χ1v) is 7.04. The van der Waals surface area contributed by atoms with Gasteiger partial charge >= 0.3 is 0 Å². The van der Waals surface area contributed by atoms with Gasteiger partial charge < -0.3 is 10.2 Å². The van der Waals surface area contributed by atoms with Gasteiger partial charge in [-0.2, -0.15) is 5.10 Å². The molecule has 0 spiro atoms. The number of aryl methyl sites for hydroxylation is 1. The lowest BCUT2D eigenvalue weighted by atomic mass is 10.3. The molecule has 0 amide bonds. The van der Waals surface area contributed by atoms with Gasteiger partial charge in [0.25, 0.3) is 5.56 Å². The molecule has 0 unspecified atom stereocenters. The van der Waals surface area contributed by atoms with E-state index in [0.717, 1.165) is 19.5 Å². The van der Waals surface area contributed by atoms with Crippen molar-refractivity contribution in [3.8, 4) is 0 Å². The smallest absolute Gasteiger partial charge is 0.287 e. The van der Waals surface area contributed by atoms with E-state index in [-0.39, 0.29) is 10.6 Å². The maximum atomic E-state index is 11.9. The number of aromatic nitrogens is 2. The molecule has 0 radical (unpaired) electrons. The molecule has 0 aliphatic rings. The van der Waals surface area contributed by atoms with E-state index in [0.29, 0.717) is 18.3 Å². The van der Waals surface area contributed by atoms with Crippen LogP contribution in [0.2, 0.25) is 5.02 Å². The molecular weight excluding hydrogens is 264 g/mol. The van der Waals surface area contributed by atoms with Crippen LogP contribution in [-0.4, -0.2) is 40.9 Å². The van der Waals surface area contributed by atoms with Crippen molar-refractivity contribution in [3.63, 3.8) is 0 Å². The highest BCUT2D eigenvalue weighted by Gasteiger charge is 2.09. The fourth-order valence-corrected chi connectivity index (χ4v) is 1.80. The minimum absolute atomic E-state index is 0.218. The number of nitrogens with one attached hydrogen (secondary N) is 1. The fourth-order valence-electron chi connectivity index (χ4n) is 1.58. The highest BCUT2D eigenvalue weighted by atomic mass is 35.5. The molecule has 1 aromatic rings. The second-order valence-electron chi connectivity index (χ2n) is 4.90. The molecule has 19 heavy (non-hydrogen) atoms. The second-order valence-corrected chi connectivity index (χ2v) is 5.28. The van der Waals surface area contributed by atoms with Crippen molar-refractivity contribution in [1.82, 2.24) is 14.7 Å². The minimum atomic E-state index is -0.231. The molecule has 0 aliphatic carbocycles. The molecule has 1 rings (SSSR count). The number of hydrogen-bond acceptors (Lipinski definition) is 4. The molecule has 0 aliphatic heterocycles. The average Bonchev–Trinajstić information content (AvgIpc) is 2.37. The Hall–Kier alpha value is -1.07. The van der Waals surface area contributed by atoms with E-state index in [1.54, 1.807) is 6.20 Å². The number of likely N-dealkylation sites (N-methyl/N-ethyl adjacent to an activating group) is 1. The first-order valence-electron chi connectivity index (χ1n) is 6.67. The van der Waals surface area contributed by atoms with Gasteiger partial charge in [-0.05, 0) is 27.3 Å². The predicted molar refractivity (Wildman–Crippen MR) is 80.1 cm³/mol. The Bertz CT molecular complexity index is 458. The number of halogens is 1. The molecule has 1 aromatic heterocycles. The predicted octanol–water partition coefficient (Wildman–Crippen LogP) is 2.06. The minimum Gasteiger partial charge on any atom is -0.381 e. The summed E-state index contributed by atoms with van der Waals surface area (Å²) in [4.78, 5) is 14.1. The second kappa shape index (κ2) is 7.50. The number of anilines is 1. The van der Waals surface area contributed by atoms with E-state index in [1.165, 1.54) is 4.68 Å². The lowest BCUT2D eigenvalue weighted by Gasteiger charge is -2.21. The summed E-state index contributed by atoms with van der Waals surface area (Å²) < 4.78 is 1.40. The van der Waals surface area contributed by atoms with Gasteiger partial charge in [0.1, 0.15) is 5.02 Å². The first kappa shape index (κ1) is 16.0. The van der Waals surface area contributed by atoms with Gasteiger partial charge in [0.15, 0.2) is 0 Å².